The largest absolute Gasteiger partial charge is 0.353 e. The van der Waals surface area contributed by atoms with E-state index in [1.807, 2.05) is 6.07 Å². The summed E-state index contributed by atoms with van der Waals surface area (Å²) in [5.41, 5.74) is 1.24. The second-order valence-corrected chi connectivity index (χ2v) is 5.27. The standard InChI is InChI=1S/C19H30O2/c1-3-5-16-20-19(21-17-6-4-2)15-11-10-14-18-12-8-7-9-13-18/h7-10,12-14,19H,3-6,11,15-17H2,1-2H3/b14-10+. The minimum absolute atomic E-state index is 0.0523. The van der Waals surface area contributed by atoms with E-state index in [1.165, 1.54) is 5.56 Å². The van der Waals surface area contributed by atoms with Gasteiger partial charge in [-0.25, -0.2) is 0 Å². The molecule has 0 unspecified atom stereocenters. The van der Waals surface area contributed by atoms with Crippen LogP contribution < -0.4 is 0 Å². The van der Waals surface area contributed by atoms with E-state index < -0.39 is 0 Å². The molecule has 0 aliphatic heterocycles. The van der Waals surface area contributed by atoms with E-state index >= 15 is 0 Å². The van der Waals surface area contributed by atoms with E-state index in [0.717, 1.165) is 51.7 Å². The normalized spacial score (nSPS) is 11.6. The van der Waals surface area contributed by atoms with Crippen LogP contribution >= 0.6 is 0 Å². The Balaban J connectivity index is 2.28. The monoisotopic (exact) mass is 290 g/mol. The third-order valence-electron chi connectivity index (χ3n) is 3.28. The van der Waals surface area contributed by atoms with Crippen molar-refractivity contribution in [2.75, 3.05) is 13.2 Å². The highest BCUT2D eigenvalue weighted by molar-refractivity contribution is 5.48. The molecule has 0 atom stereocenters. The van der Waals surface area contributed by atoms with Gasteiger partial charge in [-0.2, -0.15) is 0 Å². The Hall–Kier alpha value is -1.12. The van der Waals surface area contributed by atoms with Crippen LogP contribution in [0.4, 0.5) is 0 Å². The van der Waals surface area contributed by atoms with Crippen LogP contribution in [0.1, 0.15) is 57.9 Å². The lowest BCUT2D eigenvalue weighted by Crippen LogP contribution is -2.18. The van der Waals surface area contributed by atoms with Crippen LogP contribution in [0.15, 0.2) is 36.4 Å². The van der Waals surface area contributed by atoms with Gasteiger partial charge in [0.05, 0.1) is 0 Å². The number of hydrogen-bond acceptors (Lipinski definition) is 2. The van der Waals surface area contributed by atoms with Crippen LogP contribution in [0.2, 0.25) is 0 Å². The van der Waals surface area contributed by atoms with E-state index in [4.69, 9.17) is 9.47 Å². The van der Waals surface area contributed by atoms with Crippen molar-refractivity contribution in [3.63, 3.8) is 0 Å². The summed E-state index contributed by atoms with van der Waals surface area (Å²) in [7, 11) is 0. The summed E-state index contributed by atoms with van der Waals surface area (Å²) in [5, 5.41) is 0. The summed E-state index contributed by atoms with van der Waals surface area (Å²) in [6, 6.07) is 10.4. The molecule has 0 N–H and O–H groups in total. The van der Waals surface area contributed by atoms with Gasteiger partial charge in [-0.3, -0.25) is 0 Å². The molecule has 0 heterocycles. The van der Waals surface area contributed by atoms with Gasteiger partial charge in [-0.05, 0) is 24.8 Å². The van der Waals surface area contributed by atoms with Gasteiger partial charge in [0, 0.05) is 19.6 Å². The van der Waals surface area contributed by atoms with Crippen LogP contribution in [0.25, 0.3) is 6.08 Å². The SMILES string of the molecule is CCCCOC(CC/C=C/c1ccccc1)OCCCC. The summed E-state index contributed by atoms with van der Waals surface area (Å²) in [4.78, 5) is 0. The van der Waals surface area contributed by atoms with Gasteiger partial charge in [0.15, 0.2) is 6.29 Å². The molecule has 0 saturated heterocycles. The maximum atomic E-state index is 5.83. The van der Waals surface area contributed by atoms with Gasteiger partial charge < -0.3 is 9.47 Å². The second-order valence-electron chi connectivity index (χ2n) is 5.27. The zero-order chi connectivity index (χ0) is 15.2. The molecule has 0 fully saturated rings. The highest BCUT2D eigenvalue weighted by Crippen LogP contribution is 2.09. The molecule has 0 aliphatic rings. The fourth-order valence-corrected chi connectivity index (χ4v) is 1.95. The van der Waals surface area contributed by atoms with Gasteiger partial charge in [0.25, 0.3) is 0 Å². The van der Waals surface area contributed by atoms with Crippen molar-refractivity contribution in [3.8, 4) is 0 Å². The summed E-state index contributed by atoms with van der Waals surface area (Å²) < 4.78 is 11.7. The van der Waals surface area contributed by atoms with Crippen molar-refractivity contribution < 1.29 is 9.47 Å². The molecule has 1 aromatic rings. The van der Waals surface area contributed by atoms with Crippen molar-refractivity contribution >= 4 is 6.08 Å². The average molecular weight is 290 g/mol. The average Bonchev–Trinajstić information content (AvgIpc) is 2.52. The Morgan fingerprint density at radius 1 is 0.952 bits per heavy atom. The first-order valence-corrected chi connectivity index (χ1v) is 8.31. The lowest BCUT2D eigenvalue weighted by Gasteiger charge is -2.17. The Bertz CT molecular complexity index is 349. The van der Waals surface area contributed by atoms with Crippen LogP contribution in [0.3, 0.4) is 0 Å². The molecule has 2 heteroatoms. The maximum Gasteiger partial charge on any atom is 0.157 e. The molecule has 0 radical (unpaired) electrons. The Morgan fingerprint density at radius 2 is 1.57 bits per heavy atom. The van der Waals surface area contributed by atoms with E-state index in [0.29, 0.717) is 0 Å². The smallest absolute Gasteiger partial charge is 0.157 e. The molecule has 1 aromatic carbocycles. The van der Waals surface area contributed by atoms with Gasteiger partial charge in [-0.1, -0.05) is 69.2 Å². The Morgan fingerprint density at radius 3 is 2.14 bits per heavy atom. The first kappa shape index (κ1) is 17.9. The number of benzene rings is 1. The topological polar surface area (TPSA) is 18.5 Å². The Kier molecular flexibility index (Phi) is 10.8. The number of hydrogen-bond donors (Lipinski definition) is 0. The molecule has 0 bridgehead atoms. The van der Waals surface area contributed by atoms with Gasteiger partial charge in [-0.15, -0.1) is 0 Å². The highest BCUT2D eigenvalue weighted by Gasteiger charge is 2.07. The lowest BCUT2D eigenvalue weighted by molar-refractivity contribution is -0.146. The molecule has 0 saturated carbocycles. The lowest BCUT2D eigenvalue weighted by atomic mass is 10.2. The molecular formula is C19H30O2. The van der Waals surface area contributed by atoms with E-state index in [1.54, 1.807) is 0 Å². The van der Waals surface area contributed by atoms with Crippen LogP contribution in [0.5, 0.6) is 0 Å². The maximum absolute atomic E-state index is 5.83. The molecule has 0 spiro atoms. The molecule has 2 nitrogen and oxygen atoms in total. The zero-order valence-corrected chi connectivity index (χ0v) is 13.6. The molecule has 0 aliphatic carbocycles. The summed E-state index contributed by atoms with van der Waals surface area (Å²) in [6.45, 7) is 5.96. The van der Waals surface area contributed by atoms with E-state index in [-0.39, 0.29) is 6.29 Å². The first-order chi connectivity index (χ1) is 10.4. The zero-order valence-electron chi connectivity index (χ0n) is 13.6. The van der Waals surface area contributed by atoms with Crippen molar-refractivity contribution in [3.05, 3.63) is 42.0 Å². The fraction of sp³-hybridized carbons (Fsp3) is 0.579. The number of unbranched alkanes of at least 4 members (excludes halogenated alkanes) is 2. The summed E-state index contributed by atoms with van der Waals surface area (Å²) in [6.07, 6.45) is 10.8. The molecule has 118 valence electrons. The summed E-state index contributed by atoms with van der Waals surface area (Å²) >= 11 is 0. The molecule has 1 rings (SSSR count). The highest BCUT2D eigenvalue weighted by atomic mass is 16.7. The molecule has 0 aromatic heterocycles. The Labute approximate surface area is 130 Å². The van der Waals surface area contributed by atoms with Gasteiger partial charge in [0.1, 0.15) is 0 Å². The van der Waals surface area contributed by atoms with Gasteiger partial charge >= 0.3 is 0 Å². The van der Waals surface area contributed by atoms with Crippen molar-refractivity contribution in [1.29, 1.82) is 0 Å². The number of rotatable bonds is 12. The van der Waals surface area contributed by atoms with Crippen molar-refractivity contribution in [2.45, 2.75) is 58.7 Å². The van der Waals surface area contributed by atoms with Crippen molar-refractivity contribution in [2.24, 2.45) is 0 Å². The minimum atomic E-state index is -0.0523. The van der Waals surface area contributed by atoms with Crippen LogP contribution in [-0.4, -0.2) is 19.5 Å². The molecule has 21 heavy (non-hydrogen) atoms. The van der Waals surface area contributed by atoms with E-state index in [9.17, 15) is 0 Å². The second kappa shape index (κ2) is 12.6. The number of allylic oxidation sites excluding steroid dienone is 1. The fourth-order valence-electron chi connectivity index (χ4n) is 1.95. The summed E-state index contributed by atoms with van der Waals surface area (Å²) in [5.74, 6) is 0. The third kappa shape index (κ3) is 9.43. The van der Waals surface area contributed by atoms with Crippen molar-refractivity contribution in [1.82, 2.24) is 0 Å². The molecular weight excluding hydrogens is 260 g/mol. The number of ether oxygens (including phenoxy) is 2. The molecule has 0 amide bonds. The van der Waals surface area contributed by atoms with Crippen LogP contribution in [-0.2, 0) is 9.47 Å². The van der Waals surface area contributed by atoms with Crippen LogP contribution in [0, 0.1) is 0 Å². The predicted molar refractivity (Wildman–Crippen MR) is 90.2 cm³/mol. The third-order valence-corrected chi connectivity index (χ3v) is 3.28. The quantitative estimate of drug-likeness (QED) is 0.377. The minimum Gasteiger partial charge on any atom is -0.353 e. The van der Waals surface area contributed by atoms with Gasteiger partial charge in [0.2, 0.25) is 0 Å². The van der Waals surface area contributed by atoms with E-state index in [2.05, 4.69) is 50.3 Å². The predicted octanol–water partition coefficient (Wildman–Crippen LogP) is 5.44. The first-order valence-electron chi connectivity index (χ1n) is 8.31.